The second kappa shape index (κ2) is 7.23. The lowest BCUT2D eigenvalue weighted by Crippen LogP contribution is -2.54. The van der Waals surface area contributed by atoms with E-state index in [2.05, 4.69) is 4.90 Å². The van der Waals surface area contributed by atoms with Gasteiger partial charge in [-0.3, -0.25) is 9.69 Å². The first kappa shape index (κ1) is 15.5. The van der Waals surface area contributed by atoms with Gasteiger partial charge in [-0.2, -0.15) is 0 Å². The van der Waals surface area contributed by atoms with E-state index in [4.69, 9.17) is 4.74 Å². The van der Waals surface area contributed by atoms with Gasteiger partial charge in [-0.05, 0) is 64.5 Å². The maximum absolute atomic E-state index is 13.0. The highest BCUT2D eigenvalue weighted by Crippen LogP contribution is 2.39. The maximum atomic E-state index is 13.0. The van der Waals surface area contributed by atoms with E-state index in [-0.39, 0.29) is 5.54 Å². The van der Waals surface area contributed by atoms with Crippen molar-refractivity contribution in [1.29, 1.82) is 0 Å². The number of carbonyl (C=O) groups is 1. The molecule has 2 aliphatic heterocycles. The average molecular weight is 293 g/mol. The third kappa shape index (κ3) is 3.50. The molecule has 120 valence electrons. The summed E-state index contributed by atoms with van der Waals surface area (Å²) in [5.41, 5.74) is -0.0725. The largest absolute Gasteiger partial charge is 0.378 e. The minimum atomic E-state index is -0.0725. The third-order valence-corrected chi connectivity index (χ3v) is 5.87. The van der Waals surface area contributed by atoms with Gasteiger partial charge >= 0.3 is 0 Å². The summed E-state index contributed by atoms with van der Waals surface area (Å²) in [6.07, 6.45) is 14.4. The van der Waals surface area contributed by atoms with Crippen LogP contribution in [0.1, 0.15) is 77.0 Å². The predicted molar refractivity (Wildman–Crippen MR) is 84.5 cm³/mol. The predicted octanol–water partition coefficient (Wildman–Crippen LogP) is 3.70. The molecule has 3 rings (SSSR count). The Bertz CT molecular complexity index is 337. The van der Waals surface area contributed by atoms with Gasteiger partial charge < -0.3 is 4.74 Å². The van der Waals surface area contributed by atoms with Crippen LogP contribution in [0.2, 0.25) is 0 Å². The van der Waals surface area contributed by atoms with Crippen LogP contribution in [0, 0.1) is 0 Å². The zero-order chi connectivity index (χ0) is 14.5. The first-order valence-electron chi connectivity index (χ1n) is 9.21. The molecule has 2 saturated heterocycles. The molecular formula is C18H31NO2. The quantitative estimate of drug-likeness (QED) is 0.748. The number of Topliss-reactive ketones (excluding diaryl/α,β-unsaturated/α-hetero) is 1. The normalized spacial score (nSPS) is 29.8. The van der Waals surface area contributed by atoms with Crippen LogP contribution in [0.25, 0.3) is 0 Å². The Labute approximate surface area is 129 Å². The number of hydrogen-bond donors (Lipinski definition) is 0. The van der Waals surface area contributed by atoms with E-state index in [9.17, 15) is 4.79 Å². The van der Waals surface area contributed by atoms with Crippen molar-refractivity contribution in [2.45, 2.75) is 88.7 Å². The van der Waals surface area contributed by atoms with Crippen molar-refractivity contribution >= 4 is 5.78 Å². The van der Waals surface area contributed by atoms with Crippen molar-refractivity contribution in [3.63, 3.8) is 0 Å². The van der Waals surface area contributed by atoms with Crippen LogP contribution < -0.4 is 0 Å². The van der Waals surface area contributed by atoms with E-state index in [0.717, 1.165) is 51.8 Å². The topological polar surface area (TPSA) is 29.5 Å². The van der Waals surface area contributed by atoms with Gasteiger partial charge in [0.15, 0.2) is 5.78 Å². The molecule has 0 amide bonds. The molecular weight excluding hydrogens is 262 g/mol. The molecule has 3 fully saturated rings. The standard InChI is InChI=1S/C18H31NO2/c20-17(10-6-8-16-9-7-15-21-16)18(11-2-3-12-18)19-13-4-1-5-14-19/h16H,1-15H2. The summed E-state index contributed by atoms with van der Waals surface area (Å²) >= 11 is 0. The fourth-order valence-electron chi connectivity index (χ4n) is 4.65. The second-order valence-electron chi connectivity index (χ2n) is 7.24. The number of nitrogens with zero attached hydrogens (tertiary/aromatic N) is 1. The van der Waals surface area contributed by atoms with E-state index in [1.54, 1.807) is 0 Å². The lowest BCUT2D eigenvalue weighted by molar-refractivity contribution is -0.132. The van der Waals surface area contributed by atoms with Crippen LogP contribution in [-0.4, -0.2) is 42.0 Å². The molecule has 1 aliphatic carbocycles. The molecule has 21 heavy (non-hydrogen) atoms. The van der Waals surface area contributed by atoms with E-state index in [1.807, 2.05) is 0 Å². The summed E-state index contributed by atoms with van der Waals surface area (Å²) in [6, 6.07) is 0. The van der Waals surface area contributed by atoms with E-state index in [1.165, 1.54) is 44.9 Å². The average Bonchev–Trinajstić information content (AvgIpc) is 3.20. The molecule has 0 aromatic heterocycles. The van der Waals surface area contributed by atoms with Crippen molar-refractivity contribution in [1.82, 2.24) is 4.90 Å². The van der Waals surface area contributed by atoms with Crippen molar-refractivity contribution in [3.05, 3.63) is 0 Å². The Hall–Kier alpha value is -0.410. The third-order valence-electron chi connectivity index (χ3n) is 5.87. The molecule has 2 heterocycles. The van der Waals surface area contributed by atoms with Gasteiger partial charge in [0.25, 0.3) is 0 Å². The van der Waals surface area contributed by atoms with Crippen LogP contribution in [-0.2, 0) is 9.53 Å². The van der Waals surface area contributed by atoms with Crippen LogP contribution in [0.5, 0.6) is 0 Å². The summed E-state index contributed by atoms with van der Waals surface area (Å²) in [5, 5.41) is 0. The molecule has 3 heteroatoms. The van der Waals surface area contributed by atoms with Gasteiger partial charge in [0, 0.05) is 13.0 Å². The monoisotopic (exact) mass is 293 g/mol. The zero-order valence-electron chi connectivity index (χ0n) is 13.4. The lowest BCUT2D eigenvalue weighted by atomic mass is 9.85. The summed E-state index contributed by atoms with van der Waals surface area (Å²) < 4.78 is 5.68. The van der Waals surface area contributed by atoms with Gasteiger partial charge in [-0.1, -0.05) is 19.3 Å². The number of ketones is 1. The molecule has 0 radical (unpaired) electrons. The molecule has 3 aliphatic rings. The fourth-order valence-corrected chi connectivity index (χ4v) is 4.65. The molecule has 0 aromatic rings. The van der Waals surface area contributed by atoms with E-state index < -0.39 is 0 Å². The van der Waals surface area contributed by atoms with Crippen LogP contribution in [0.4, 0.5) is 0 Å². The summed E-state index contributed by atoms with van der Waals surface area (Å²) in [4.78, 5) is 15.5. The van der Waals surface area contributed by atoms with Crippen molar-refractivity contribution < 1.29 is 9.53 Å². The summed E-state index contributed by atoms with van der Waals surface area (Å²) in [6.45, 7) is 3.23. The van der Waals surface area contributed by atoms with E-state index >= 15 is 0 Å². The molecule has 0 aromatic carbocycles. The van der Waals surface area contributed by atoms with Gasteiger partial charge in [0.2, 0.25) is 0 Å². The smallest absolute Gasteiger partial charge is 0.153 e. The molecule has 3 nitrogen and oxygen atoms in total. The molecule has 1 atom stereocenters. The van der Waals surface area contributed by atoms with Crippen LogP contribution in [0.3, 0.4) is 0 Å². The SMILES string of the molecule is O=C(CCCC1CCCO1)C1(N2CCCCC2)CCCC1. The molecule has 1 saturated carbocycles. The number of rotatable bonds is 6. The lowest BCUT2D eigenvalue weighted by Gasteiger charge is -2.42. The highest BCUT2D eigenvalue weighted by Gasteiger charge is 2.45. The first-order chi connectivity index (χ1) is 10.3. The Morgan fingerprint density at radius 2 is 1.81 bits per heavy atom. The fraction of sp³-hybridized carbons (Fsp3) is 0.944. The van der Waals surface area contributed by atoms with Gasteiger partial charge in [0.05, 0.1) is 11.6 Å². The van der Waals surface area contributed by atoms with E-state index in [0.29, 0.717) is 11.9 Å². The van der Waals surface area contributed by atoms with Crippen molar-refractivity contribution in [2.75, 3.05) is 19.7 Å². The second-order valence-corrected chi connectivity index (χ2v) is 7.24. The number of carbonyl (C=O) groups excluding carboxylic acids is 1. The summed E-state index contributed by atoms with van der Waals surface area (Å²) in [7, 11) is 0. The van der Waals surface area contributed by atoms with Crippen LogP contribution in [0.15, 0.2) is 0 Å². The Balaban J connectivity index is 1.53. The number of piperidine rings is 1. The van der Waals surface area contributed by atoms with Crippen molar-refractivity contribution in [3.8, 4) is 0 Å². The van der Waals surface area contributed by atoms with Gasteiger partial charge in [-0.25, -0.2) is 0 Å². The van der Waals surface area contributed by atoms with Gasteiger partial charge in [-0.15, -0.1) is 0 Å². The first-order valence-corrected chi connectivity index (χ1v) is 9.21. The number of ether oxygens (including phenoxy) is 1. The molecule has 0 spiro atoms. The Morgan fingerprint density at radius 3 is 2.48 bits per heavy atom. The summed E-state index contributed by atoms with van der Waals surface area (Å²) in [5.74, 6) is 0.542. The minimum absolute atomic E-state index is 0.0725. The molecule has 0 bridgehead atoms. The molecule has 1 unspecified atom stereocenters. The van der Waals surface area contributed by atoms with Crippen molar-refractivity contribution in [2.24, 2.45) is 0 Å². The number of likely N-dealkylation sites (tertiary alicyclic amines) is 1. The zero-order valence-corrected chi connectivity index (χ0v) is 13.4. The Morgan fingerprint density at radius 1 is 1.05 bits per heavy atom. The highest BCUT2D eigenvalue weighted by molar-refractivity contribution is 5.88. The molecule has 0 N–H and O–H groups in total. The van der Waals surface area contributed by atoms with Gasteiger partial charge in [0.1, 0.15) is 0 Å². The maximum Gasteiger partial charge on any atom is 0.153 e. The Kier molecular flexibility index (Phi) is 5.33. The van der Waals surface area contributed by atoms with Crippen LogP contribution >= 0.6 is 0 Å². The minimum Gasteiger partial charge on any atom is -0.378 e. The highest BCUT2D eigenvalue weighted by atomic mass is 16.5. The number of hydrogen-bond acceptors (Lipinski definition) is 3.